The molecule has 162 valence electrons. The summed E-state index contributed by atoms with van der Waals surface area (Å²) >= 11 is 5.94. The predicted octanol–water partition coefficient (Wildman–Crippen LogP) is 3.99. The zero-order valence-corrected chi connectivity index (χ0v) is 18.2. The molecule has 9 heteroatoms. The van der Waals surface area contributed by atoms with Gasteiger partial charge in [-0.25, -0.2) is 9.97 Å². The Bertz CT molecular complexity index is 1070. The maximum Gasteiger partial charge on any atom is 0.293 e. The van der Waals surface area contributed by atoms with E-state index in [1.54, 1.807) is 6.07 Å². The fraction of sp³-hybridized carbons (Fsp3) is 0.364. The molecule has 4 rings (SSSR count). The highest BCUT2D eigenvalue weighted by Crippen LogP contribution is 2.35. The normalized spacial score (nSPS) is 14.7. The minimum absolute atomic E-state index is 0.0907. The third kappa shape index (κ3) is 4.86. The second-order valence-electron chi connectivity index (χ2n) is 7.56. The number of nitro benzene ring substituents is 1. The lowest BCUT2D eigenvalue weighted by Gasteiger charge is -2.35. The van der Waals surface area contributed by atoms with Gasteiger partial charge in [0.15, 0.2) is 0 Å². The van der Waals surface area contributed by atoms with Gasteiger partial charge < -0.3 is 15.1 Å². The number of anilines is 2. The zero-order valence-electron chi connectivity index (χ0n) is 17.4. The number of hydrogen-bond donors (Lipinski definition) is 1. The largest absolute Gasteiger partial charge is 0.369 e. The molecule has 1 fully saturated rings. The van der Waals surface area contributed by atoms with E-state index >= 15 is 0 Å². The number of aromatic nitrogens is 2. The Kier molecular flexibility index (Phi) is 6.48. The van der Waals surface area contributed by atoms with Crippen molar-refractivity contribution in [1.29, 1.82) is 0 Å². The van der Waals surface area contributed by atoms with Crippen molar-refractivity contribution in [3.8, 4) is 0 Å². The molecule has 0 saturated carbocycles. The highest BCUT2D eigenvalue weighted by molar-refractivity contribution is 6.30. The minimum atomic E-state index is -0.314. The van der Waals surface area contributed by atoms with Gasteiger partial charge in [0.2, 0.25) is 0 Å². The maximum atomic E-state index is 11.9. The number of piperazine rings is 1. The minimum Gasteiger partial charge on any atom is -0.369 e. The van der Waals surface area contributed by atoms with Gasteiger partial charge in [-0.3, -0.25) is 10.1 Å². The van der Waals surface area contributed by atoms with Crippen molar-refractivity contribution in [3.05, 3.63) is 63.4 Å². The van der Waals surface area contributed by atoms with Crippen LogP contribution in [0.4, 0.5) is 17.2 Å². The summed E-state index contributed by atoms with van der Waals surface area (Å²) in [5, 5.41) is 16.5. The molecular weight excluding hydrogens is 416 g/mol. The Morgan fingerprint density at radius 2 is 1.87 bits per heavy atom. The van der Waals surface area contributed by atoms with Crippen LogP contribution in [0.3, 0.4) is 0 Å². The van der Waals surface area contributed by atoms with E-state index in [2.05, 4.69) is 32.0 Å². The van der Waals surface area contributed by atoms with E-state index in [-0.39, 0.29) is 10.6 Å². The molecule has 0 unspecified atom stereocenters. The molecule has 1 saturated heterocycles. The summed E-state index contributed by atoms with van der Waals surface area (Å²) in [5.74, 6) is 0.601. The molecule has 3 aromatic rings. The average molecular weight is 441 g/mol. The molecule has 1 aliphatic rings. The molecule has 1 N–H and O–H groups in total. The monoisotopic (exact) mass is 440 g/mol. The lowest BCUT2D eigenvalue weighted by atomic mass is 10.1. The first-order valence-corrected chi connectivity index (χ1v) is 10.8. The Morgan fingerprint density at radius 1 is 1.13 bits per heavy atom. The van der Waals surface area contributed by atoms with E-state index in [0.717, 1.165) is 44.7 Å². The Morgan fingerprint density at radius 3 is 2.55 bits per heavy atom. The summed E-state index contributed by atoms with van der Waals surface area (Å²) in [6, 6.07) is 11.1. The van der Waals surface area contributed by atoms with Crippen LogP contribution in [0, 0.1) is 10.1 Å². The van der Waals surface area contributed by atoms with Crippen LogP contribution < -0.4 is 10.2 Å². The highest BCUT2D eigenvalue weighted by Gasteiger charge is 2.25. The van der Waals surface area contributed by atoms with Gasteiger partial charge in [0.05, 0.1) is 10.4 Å². The van der Waals surface area contributed by atoms with Gasteiger partial charge >= 0.3 is 0 Å². The van der Waals surface area contributed by atoms with Gasteiger partial charge in [-0.2, -0.15) is 0 Å². The molecule has 31 heavy (non-hydrogen) atoms. The first-order chi connectivity index (χ1) is 15.0. The van der Waals surface area contributed by atoms with Crippen LogP contribution in [0.2, 0.25) is 5.02 Å². The van der Waals surface area contributed by atoms with Crippen molar-refractivity contribution in [2.75, 3.05) is 49.5 Å². The van der Waals surface area contributed by atoms with E-state index in [1.807, 2.05) is 30.3 Å². The number of likely N-dealkylation sites (N-methyl/N-ethyl adjacent to an activating group) is 1. The number of fused-ring (bicyclic) bond motifs is 1. The first-order valence-electron chi connectivity index (χ1n) is 10.4. The lowest BCUT2D eigenvalue weighted by Crippen LogP contribution is -2.46. The fourth-order valence-electron chi connectivity index (χ4n) is 3.90. The van der Waals surface area contributed by atoms with E-state index in [0.29, 0.717) is 34.0 Å². The third-order valence-corrected chi connectivity index (χ3v) is 5.96. The summed E-state index contributed by atoms with van der Waals surface area (Å²) in [6.45, 7) is 7.08. The van der Waals surface area contributed by atoms with E-state index in [1.165, 1.54) is 6.33 Å². The van der Waals surface area contributed by atoms with E-state index in [9.17, 15) is 10.1 Å². The average Bonchev–Trinajstić information content (AvgIpc) is 2.79. The van der Waals surface area contributed by atoms with Gasteiger partial charge in [0.1, 0.15) is 17.8 Å². The number of nitrogens with zero attached hydrogens (tertiary/aromatic N) is 5. The topological polar surface area (TPSA) is 87.4 Å². The SMILES string of the molecule is CCN1CCN(c2cc3ncnc(NCCc4ccc(Cl)cc4)c3cc2[N+](=O)[O-])CC1. The highest BCUT2D eigenvalue weighted by atomic mass is 35.5. The number of nitro groups is 1. The van der Waals surface area contributed by atoms with Gasteiger partial charge in [-0.1, -0.05) is 30.7 Å². The summed E-state index contributed by atoms with van der Waals surface area (Å²) in [5.41, 5.74) is 2.56. The summed E-state index contributed by atoms with van der Waals surface area (Å²) in [4.78, 5) is 24.7. The van der Waals surface area contributed by atoms with Crippen LogP contribution in [-0.4, -0.2) is 59.1 Å². The van der Waals surface area contributed by atoms with Gasteiger partial charge in [0, 0.05) is 49.2 Å². The molecule has 2 aromatic carbocycles. The number of halogens is 1. The van der Waals surface area contributed by atoms with Gasteiger partial charge in [-0.15, -0.1) is 0 Å². The third-order valence-electron chi connectivity index (χ3n) is 5.71. The van der Waals surface area contributed by atoms with Crippen molar-refractivity contribution in [2.24, 2.45) is 0 Å². The second kappa shape index (κ2) is 9.45. The van der Waals surface area contributed by atoms with E-state index in [4.69, 9.17) is 11.6 Å². The second-order valence-corrected chi connectivity index (χ2v) is 8.00. The Balaban J connectivity index is 1.57. The molecule has 1 aliphatic heterocycles. The van der Waals surface area contributed by atoms with Crippen molar-refractivity contribution in [1.82, 2.24) is 14.9 Å². The van der Waals surface area contributed by atoms with Gasteiger partial charge in [-0.05, 0) is 36.7 Å². The molecule has 0 radical (unpaired) electrons. The first kappa shape index (κ1) is 21.3. The van der Waals surface area contributed by atoms with Crippen LogP contribution in [0.1, 0.15) is 12.5 Å². The number of benzene rings is 2. The van der Waals surface area contributed by atoms with Crippen molar-refractivity contribution in [3.63, 3.8) is 0 Å². The van der Waals surface area contributed by atoms with Crippen molar-refractivity contribution >= 4 is 39.7 Å². The smallest absolute Gasteiger partial charge is 0.293 e. The van der Waals surface area contributed by atoms with Crippen molar-refractivity contribution < 1.29 is 4.92 Å². The maximum absolute atomic E-state index is 11.9. The van der Waals surface area contributed by atoms with Crippen LogP contribution in [0.5, 0.6) is 0 Å². The van der Waals surface area contributed by atoms with E-state index < -0.39 is 0 Å². The number of nitrogens with one attached hydrogen (secondary N) is 1. The molecule has 0 amide bonds. The molecular formula is C22H25ClN6O2. The summed E-state index contributed by atoms with van der Waals surface area (Å²) in [6.07, 6.45) is 2.28. The fourth-order valence-corrected chi connectivity index (χ4v) is 4.03. The molecule has 0 bridgehead atoms. The van der Waals surface area contributed by atoms with Gasteiger partial charge in [0.25, 0.3) is 5.69 Å². The van der Waals surface area contributed by atoms with Crippen LogP contribution >= 0.6 is 11.6 Å². The summed E-state index contributed by atoms with van der Waals surface area (Å²) < 4.78 is 0. The molecule has 8 nitrogen and oxygen atoms in total. The zero-order chi connectivity index (χ0) is 21.8. The van der Waals surface area contributed by atoms with Crippen LogP contribution in [0.15, 0.2) is 42.7 Å². The Hall–Kier alpha value is -2.97. The molecule has 0 atom stereocenters. The molecule has 2 heterocycles. The summed E-state index contributed by atoms with van der Waals surface area (Å²) in [7, 11) is 0. The molecule has 1 aromatic heterocycles. The molecule has 0 aliphatic carbocycles. The molecule has 0 spiro atoms. The number of hydrogen-bond acceptors (Lipinski definition) is 7. The van der Waals surface area contributed by atoms with Crippen LogP contribution in [0.25, 0.3) is 10.9 Å². The van der Waals surface area contributed by atoms with Crippen LogP contribution in [-0.2, 0) is 6.42 Å². The number of rotatable bonds is 7. The van der Waals surface area contributed by atoms with Crippen molar-refractivity contribution in [2.45, 2.75) is 13.3 Å². The quantitative estimate of drug-likeness (QED) is 0.439. The predicted molar refractivity (Wildman–Crippen MR) is 124 cm³/mol. The Labute approximate surface area is 186 Å². The lowest BCUT2D eigenvalue weighted by molar-refractivity contribution is -0.384. The standard InChI is InChI=1S/C22H25ClN6O2/c1-2-27-9-11-28(12-10-27)20-14-19-18(13-21(20)29(30)31)22(26-15-25-19)24-8-7-16-3-5-17(23)6-4-16/h3-6,13-15H,2,7-12H2,1H3,(H,24,25,26).